The second-order valence-electron chi connectivity index (χ2n) is 6.81. The summed E-state index contributed by atoms with van der Waals surface area (Å²) in [4.78, 5) is 26.3. The van der Waals surface area contributed by atoms with Crippen LogP contribution in [0.5, 0.6) is 0 Å². The van der Waals surface area contributed by atoms with E-state index in [0.29, 0.717) is 16.1 Å². The molecule has 1 unspecified atom stereocenters. The summed E-state index contributed by atoms with van der Waals surface area (Å²) >= 11 is 19.9. The van der Waals surface area contributed by atoms with E-state index in [0.717, 1.165) is 41.7 Å². The lowest BCUT2D eigenvalue weighted by atomic mass is 9.95. The molecule has 0 spiro atoms. The van der Waals surface area contributed by atoms with Gasteiger partial charge in [-0.2, -0.15) is 0 Å². The number of fused-ring (bicyclic) bond motifs is 1. The first-order chi connectivity index (χ1) is 13.7. The Morgan fingerprint density at radius 3 is 2.52 bits per heavy atom. The minimum atomic E-state index is -1.85. The summed E-state index contributed by atoms with van der Waals surface area (Å²) in [6.07, 6.45) is 2.70. The summed E-state index contributed by atoms with van der Waals surface area (Å²) in [5.41, 5.74) is 2.71. The van der Waals surface area contributed by atoms with Gasteiger partial charge in [0.15, 0.2) is 0 Å². The number of thiophene rings is 1. The number of alkyl halides is 3. The van der Waals surface area contributed by atoms with Crippen molar-refractivity contribution in [2.75, 3.05) is 12.4 Å². The molecule has 2 aromatic rings. The number of amides is 1. The standard InChI is InChI=1S/C20H21Cl3N2O3S/c1-11-7-3-4-8-12(11)16(26)24-19(20(21,22)23)25-17-15(18(27)28-2)13-9-5-6-10-14(13)29-17/h3-4,7-8,19,25H,5-6,9-10H2,1-2H3,(H,24,26). The molecule has 1 heterocycles. The Morgan fingerprint density at radius 2 is 1.86 bits per heavy atom. The third kappa shape index (κ3) is 5.00. The van der Waals surface area contributed by atoms with Crippen LogP contribution in [0.4, 0.5) is 5.00 Å². The maximum atomic E-state index is 12.8. The van der Waals surface area contributed by atoms with Crippen LogP contribution in [0, 0.1) is 6.92 Å². The SMILES string of the molecule is COC(=O)c1c(NC(NC(=O)c2ccccc2C)C(Cl)(Cl)Cl)sc2c1CCCC2. The number of benzene rings is 1. The Kier molecular flexibility index (Phi) is 6.99. The molecule has 1 aromatic heterocycles. The molecule has 0 fully saturated rings. The van der Waals surface area contributed by atoms with Crippen LogP contribution < -0.4 is 10.6 Å². The van der Waals surface area contributed by atoms with Gasteiger partial charge in [-0.15, -0.1) is 11.3 Å². The van der Waals surface area contributed by atoms with Gasteiger partial charge in [-0.05, 0) is 49.8 Å². The van der Waals surface area contributed by atoms with Crippen molar-refractivity contribution in [3.8, 4) is 0 Å². The summed E-state index contributed by atoms with van der Waals surface area (Å²) < 4.78 is 3.13. The zero-order valence-corrected chi connectivity index (χ0v) is 19.1. The number of ether oxygens (including phenoxy) is 1. The van der Waals surface area contributed by atoms with Crippen molar-refractivity contribution in [2.24, 2.45) is 0 Å². The van der Waals surface area contributed by atoms with Crippen molar-refractivity contribution in [1.29, 1.82) is 0 Å². The number of aryl methyl sites for hydroxylation is 2. The molecule has 5 nitrogen and oxygen atoms in total. The van der Waals surface area contributed by atoms with Gasteiger partial charge in [0, 0.05) is 10.4 Å². The number of rotatable bonds is 5. The Labute approximate surface area is 188 Å². The summed E-state index contributed by atoms with van der Waals surface area (Å²) in [6.45, 7) is 1.83. The van der Waals surface area contributed by atoms with Gasteiger partial charge in [-0.1, -0.05) is 53.0 Å². The number of nitrogens with one attached hydrogen (secondary N) is 2. The molecule has 29 heavy (non-hydrogen) atoms. The van der Waals surface area contributed by atoms with Crippen LogP contribution in [0.25, 0.3) is 0 Å². The Morgan fingerprint density at radius 1 is 1.17 bits per heavy atom. The van der Waals surface area contributed by atoms with E-state index >= 15 is 0 Å². The first kappa shape index (κ1) is 22.2. The first-order valence-electron chi connectivity index (χ1n) is 9.15. The van der Waals surface area contributed by atoms with Crippen LogP contribution in [-0.4, -0.2) is 28.9 Å². The van der Waals surface area contributed by atoms with Gasteiger partial charge in [0.05, 0.1) is 12.7 Å². The van der Waals surface area contributed by atoms with Crippen molar-refractivity contribution in [1.82, 2.24) is 5.32 Å². The fourth-order valence-corrected chi connectivity index (χ4v) is 4.99. The zero-order valence-electron chi connectivity index (χ0n) is 16.0. The Hall–Kier alpha value is -1.47. The molecule has 0 saturated heterocycles. The molecular weight excluding hydrogens is 455 g/mol. The lowest BCUT2D eigenvalue weighted by Crippen LogP contribution is -2.49. The zero-order chi connectivity index (χ0) is 21.2. The molecule has 1 atom stereocenters. The number of carbonyl (C=O) groups excluding carboxylic acids is 2. The van der Waals surface area contributed by atoms with E-state index in [4.69, 9.17) is 39.5 Å². The monoisotopic (exact) mass is 474 g/mol. The molecule has 0 radical (unpaired) electrons. The Balaban J connectivity index is 1.92. The van der Waals surface area contributed by atoms with Gasteiger partial charge < -0.3 is 15.4 Å². The molecule has 9 heteroatoms. The van der Waals surface area contributed by atoms with E-state index in [-0.39, 0.29) is 5.91 Å². The number of halogens is 3. The summed E-state index contributed by atoms with van der Waals surface area (Å²) in [6, 6.07) is 7.14. The highest BCUT2D eigenvalue weighted by atomic mass is 35.6. The lowest BCUT2D eigenvalue weighted by molar-refractivity contribution is 0.0600. The fraction of sp³-hybridized carbons (Fsp3) is 0.400. The molecule has 0 saturated carbocycles. The van der Waals surface area contributed by atoms with Crippen LogP contribution in [0.3, 0.4) is 0 Å². The second kappa shape index (κ2) is 9.13. The second-order valence-corrected chi connectivity index (χ2v) is 10.3. The van der Waals surface area contributed by atoms with Crippen LogP contribution in [0.1, 0.15) is 49.6 Å². The number of esters is 1. The molecule has 2 N–H and O–H groups in total. The van der Waals surface area contributed by atoms with Gasteiger partial charge in [0.2, 0.25) is 3.79 Å². The quantitative estimate of drug-likeness (QED) is 0.352. The predicted molar refractivity (Wildman–Crippen MR) is 119 cm³/mol. The highest BCUT2D eigenvalue weighted by Gasteiger charge is 2.37. The van der Waals surface area contributed by atoms with Crippen molar-refractivity contribution in [2.45, 2.75) is 42.6 Å². The van der Waals surface area contributed by atoms with E-state index in [1.165, 1.54) is 18.4 Å². The molecule has 1 aliphatic rings. The number of hydrogen-bond donors (Lipinski definition) is 2. The van der Waals surface area contributed by atoms with Crippen LogP contribution >= 0.6 is 46.1 Å². The molecule has 1 amide bonds. The average molecular weight is 476 g/mol. The minimum Gasteiger partial charge on any atom is -0.465 e. The summed E-state index contributed by atoms with van der Waals surface area (Å²) in [5.74, 6) is -0.826. The van der Waals surface area contributed by atoms with Gasteiger partial charge in [0.1, 0.15) is 11.2 Å². The minimum absolute atomic E-state index is 0.382. The number of hydrogen-bond acceptors (Lipinski definition) is 5. The Bertz CT molecular complexity index is 924. The van der Waals surface area contributed by atoms with E-state index in [1.54, 1.807) is 12.1 Å². The normalized spacial score (nSPS) is 14.7. The first-order valence-corrected chi connectivity index (χ1v) is 11.1. The van der Waals surface area contributed by atoms with E-state index in [1.807, 2.05) is 19.1 Å². The number of carbonyl (C=O) groups is 2. The van der Waals surface area contributed by atoms with Crippen LogP contribution in [0.2, 0.25) is 0 Å². The van der Waals surface area contributed by atoms with Gasteiger partial charge in [-0.25, -0.2) is 4.79 Å². The maximum Gasteiger partial charge on any atom is 0.341 e. The molecule has 0 aliphatic heterocycles. The fourth-order valence-electron chi connectivity index (χ4n) is 3.35. The van der Waals surface area contributed by atoms with Crippen molar-refractivity contribution in [3.63, 3.8) is 0 Å². The summed E-state index contributed by atoms with van der Waals surface area (Å²) in [7, 11) is 1.34. The third-order valence-corrected chi connectivity index (χ3v) is 6.71. The molecule has 0 bridgehead atoms. The predicted octanol–water partition coefficient (Wildman–Crippen LogP) is 5.26. The summed E-state index contributed by atoms with van der Waals surface area (Å²) in [5, 5.41) is 6.34. The average Bonchev–Trinajstić information content (AvgIpc) is 3.04. The van der Waals surface area contributed by atoms with Gasteiger partial charge in [0.25, 0.3) is 5.91 Å². The molecule has 1 aromatic carbocycles. The van der Waals surface area contributed by atoms with E-state index < -0.39 is 15.9 Å². The molecule has 156 valence electrons. The van der Waals surface area contributed by atoms with E-state index in [2.05, 4.69) is 10.6 Å². The molecule has 1 aliphatic carbocycles. The smallest absolute Gasteiger partial charge is 0.341 e. The van der Waals surface area contributed by atoms with Crippen molar-refractivity contribution < 1.29 is 14.3 Å². The van der Waals surface area contributed by atoms with Crippen molar-refractivity contribution >= 4 is 63.0 Å². The highest BCUT2D eigenvalue weighted by molar-refractivity contribution is 7.16. The third-order valence-electron chi connectivity index (χ3n) is 4.83. The molecule has 3 rings (SSSR count). The number of methoxy groups -OCH3 is 1. The molecular formula is C20H21Cl3N2O3S. The van der Waals surface area contributed by atoms with Crippen molar-refractivity contribution in [3.05, 3.63) is 51.4 Å². The van der Waals surface area contributed by atoms with Crippen LogP contribution in [-0.2, 0) is 17.6 Å². The lowest BCUT2D eigenvalue weighted by Gasteiger charge is -2.27. The number of anilines is 1. The topological polar surface area (TPSA) is 67.4 Å². The van der Waals surface area contributed by atoms with E-state index in [9.17, 15) is 9.59 Å². The van der Waals surface area contributed by atoms with Gasteiger partial charge >= 0.3 is 5.97 Å². The largest absolute Gasteiger partial charge is 0.465 e. The van der Waals surface area contributed by atoms with Gasteiger partial charge in [-0.3, -0.25) is 4.79 Å². The maximum absolute atomic E-state index is 12.8. The van der Waals surface area contributed by atoms with Crippen LogP contribution in [0.15, 0.2) is 24.3 Å². The highest BCUT2D eigenvalue weighted by Crippen LogP contribution is 2.40.